The number of fused-ring (bicyclic) bond motifs is 1. The van der Waals surface area contributed by atoms with Crippen molar-refractivity contribution in [2.75, 3.05) is 0 Å². The molecule has 3 N–H and O–H groups in total. The van der Waals surface area contributed by atoms with E-state index in [4.69, 9.17) is 0 Å². The number of aromatic hydroxyl groups is 1. The predicted molar refractivity (Wildman–Crippen MR) is 102 cm³/mol. The molecule has 2 aromatic carbocycles. The summed E-state index contributed by atoms with van der Waals surface area (Å²) in [6.45, 7) is 4.32. The maximum atomic E-state index is 11.8. The van der Waals surface area contributed by atoms with Crippen LogP contribution in [0.3, 0.4) is 0 Å². The van der Waals surface area contributed by atoms with E-state index < -0.39 is 11.9 Å². The molecule has 0 unspecified atom stereocenters. The van der Waals surface area contributed by atoms with Crippen LogP contribution in [0.4, 0.5) is 0 Å². The Hall–Kier alpha value is -3.28. The van der Waals surface area contributed by atoms with Crippen molar-refractivity contribution in [1.82, 2.24) is 4.57 Å². The van der Waals surface area contributed by atoms with Gasteiger partial charge < -0.3 is 19.9 Å². The minimum atomic E-state index is -1.09. The van der Waals surface area contributed by atoms with E-state index in [1.54, 1.807) is 24.3 Å². The Balaban J connectivity index is 2.34. The molecule has 3 aromatic rings. The summed E-state index contributed by atoms with van der Waals surface area (Å²) in [6, 6.07) is 11.8. The van der Waals surface area contributed by atoms with Crippen molar-refractivity contribution < 1.29 is 24.9 Å². The molecule has 0 spiro atoms. The van der Waals surface area contributed by atoms with Crippen molar-refractivity contribution in [3.05, 3.63) is 64.8 Å². The Labute approximate surface area is 156 Å². The number of nitrogens with zero attached hydrogens (tertiary/aromatic N) is 1. The first-order valence-corrected chi connectivity index (χ1v) is 8.66. The molecule has 0 radical (unpaired) electrons. The van der Waals surface area contributed by atoms with Crippen LogP contribution in [0.1, 0.15) is 46.9 Å². The zero-order valence-electron chi connectivity index (χ0n) is 15.1. The fraction of sp³-hybridized carbons (Fsp3) is 0.238. The minimum Gasteiger partial charge on any atom is -0.508 e. The first kappa shape index (κ1) is 18.5. The van der Waals surface area contributed by atoms with Gasteiger partial charge in [0.05, 0.1) is 12.0 Å². The lowest BCUT2D eigenvalue weighted by molar-refractivity contribution is -0.136. The van der Waals surface area contributed by atoms with E-state index in [1.807, 2.05) is 30.5 Å². The molecule has 0 aliphatic heterocycles. The second-order valence-electron chi connectivity index (χ2n) is 6.85. The summed E-state index contributed by atoms with van der Waals surface area (Å²) in [5.41, 5.74) is 2.95. The number of aromatic nitrogens is 1. The van der Waals surface area contributed by atoms with Crippen molar-refractivity contribution in [2.45, 2.75) is 32.7 Å². The van der Waals surface area contributed by atoms with Gasteiger partial charge in [0, 0.05) is 23.1 Å². The molecule has 0 saturated carbocycles. The van der Waals surface area contributed by atoms with Gasteiger partial charge in [0.25, 0.3) is 0 Å². The summed E-state index contributed by atoms with van der Waals surface area (Å²) in [4.78, 5) is 23.2. The number of phenolic OH excluding ortho intramolecular Hbond substituents is 1. The lowest BCUT2D eigenvalue weighted by Gasteiger charge is -2.15. The largest absolute Gasteiger partial charge is 0.508 e. The van der Waals surface area contributed by atoms with Gasteiger partial charge in [0.1, 0.15) is 5.75 Å². The summed E-state index contributed by atoms with van der Waals surface area (Å²) >= 11 is 0. The maximum absolute atomic E-state index is 11.8. The molecule has 0 saturated heterocycles. The zero-order valence-corrected chi connectivity index (χ0v) is 15.1. The smallest absolute Gasteiger partial charge is 0.336 e. The van der Waals surface area contributed by atoms with Crippen LogP contribution in [-0.4, -0.2) is 31.8 Å². The molecule has 0 amide bonds. The van der Waals surface area contributed by atoms with Crippen LogP contribution in [0.5, 0.6) is 5.75 Å². The molecule has 6 heteroatoms. The number of benzene rings is 2. The molecule has 6 nitrogen and oxygen atoms in total. The van der Waals surface area contributed by atoms with Crippen LogP contribution in [0.15, 0.2) is 42.5 Å². The molecule has 0 aliphatic carbocycles. The number of carboxylic acids is 2. The number of hydrogen-bond acceptors (Lipinski definition) is 3. The fourth-order valence-corrected chi connectivity index (χ4v) is 3.68. The van der Waals surface area contributed by atoms with E-state index >= 15 is 0 Å². The third kappa shape index (κ3) is 3.51. The molecule has 27 heavy (non-hydrogen) atoms. The van der Waals surface area contributed by atoms with Crippen LogP contribution in [0.25, 0.3) is 10.9 Å². The highest BCUT2D eigenvalue weighted by Crippen LogP contribution is 2.35. The molecular formula is C21H21NO5. The van der Waals surface area contributed by atoms with Gasteiger partial charge in [-0.15, -0.1) is 0 Å². The average molecular weight is 367 g/mol. The predicted octanol–water partition coefficient (Wildman–Crippen LogP) is 3.84. The SMILES string of the molecule is CC(C)c1c(CC(=O)O)c2c(C(=O)O)cccc2n1Cc1cccc(O)c1. The molecule has 1 heterocycles. The Morgan fingerprint density at radius 1 is 1.07 bits per heavy atom. The van der Waals surface area contributed by atoms with E-state index in [2.05, 4.69) is 0 Å². The Kier molecular flexibility index (Phi) is 4.90. The zero-order chi connectivity index (χ0) is 19.7. The minimum absolute atomic E-state index is 0.00861. The highest BCUT2D eigenvalue weighted by atomic mass is 16.4. The van der Waals surface area contributed by atoms with Gasteiger partial charge in [-0.1, -0.05) is 32.0 Å². The first-order valence-electron chi connectivity index (χ1n) is 8.66. The summed E-state index contributed by atoms with van der Waals surface area (Å²) in [6.07, 6.45) is -0.249. The maximum Gasteiger partial charge on any atom is 0.336 e. The second-order valence-corrected chi connectivity index (χ2v) is 6.85. The van der Waals surface area contributed by atoms with Gasteiger partial charge in [-0.3, -0.25) is 4.79 Å². The summed E-state index contributed by atoms with van der Waals surface area (Å²) in [5, 5.41) is 29.3. The highest BCUT2D eigenvalue weighted by Gasteiger charge is 2.25. The lowest BCUT2D eigenvalue weighted by Crippen LogP contribution is -2.09. The summed E-state index contributed by atoms with van der Waals surface area (Å²) in [7, 11) is 0. The number of carboxylic acid groups (broad SMARTS) is 2. The van der Waals surface area contributed by atoms with Crippen LogP contribution in [0.2, 0.25) is 0 Å². The molecular weight excluding hydrogens is 346 g/mol. The van der Waals surface area contributed by atoms with Crippen molar-refractivity contribution in [1.29, 1.82) is 0 Å². The lowest BCUT2D eigenvalue weighted by atomic mass is 9.98. The van der Waals surface area contributed by atoms with Crippen molar-refractivity contribution in [3.63, 3.8) is 0 Å². The van der Waals surface area contributed by atoms with Crippen molar-refractivity contribution in [2.24, 2.45) is 0 Å². The number of rotatable bonds is 6. The highest BCUT2D eigenvalue weighted by molar-refractivity contribution is 6.06. The quantitative estimate of drug-likeness (QED) is 0.615. The van der Waals surface area contributed by atoms with E-state index in [0.29, 0.717) is 23.0 Å². The summed E-state index contributed by atoms with van der Waals surface area (Å²) < 4.78 is 1.96. The second kappa shape index (κ2) is 7.15. The molecule has 0 bridgehead atoms. The molecule has 140 valence electrons. The van der Waals surface area contributed by atoms with Gasteiger partial charge in [0.15, 0.2) is 0 Å². The number of aliphatic carboxylic acids is 1. The van der Waals surface area contributed by atoms with Crippen molar-refractivity contribution >= 4 is 22.8 Å². The third-order valence-corrected chi connectivity index (χ3v) is 4.59. The topological polar surface area (TPSA) is 99.8 Å². The Morgan fingerprint density at radius 3 is 2.37 bits per heavy atom. The molecule has 0 aliphatic rings. The monoisotopic (exact) mass is 367 g/mol. The number of phenols is 1. The van der Waals surface area contributed by atoms with Crippen LogP contribution in [0, 0.1) is 0 Å². The van der Waals surface area contributed by atoms with Crippen molar-refractivity contribution in [3.8, 4) is 5.75 Å². The summed E-state index contributed by atoms with van der Waals surface area (Å²) in [5.74, 6) is -1.96. The van der Waals surface area contributed by atoms with E-state index in [1.165, 1.54) is 6.07 Å². The average Bonchev–Trinajstić information content (AvgIpc) is 2.88. The first-order chi connectivity index (χ1) is 12.8. The van der Waals surface area contributed by atoms with Crippen LogP contribution >= 0.6 is 0 Å². The van der Waals surface area contributed by atoms with Gasteiger partial charge >= 0.3 is 11.9 Å². The normalized spacial score (nSPS) is 11.2. The van der Waals surface area contributed by atoms with E-state index in [0.717, 1.165) is 11.3 Å². The van der Waals surface area contributed by atoms with E-state index in [-0.39, 0.29) is 23.7 Å². The Bertz CT molecular complexity index is 1030. The van der Waals surface area contributed by atoms with E-state index in [9.17, 15) is 24.9 Å². The van der Waals surface area contributed by atoms with Gasteiger partial charge in [-0.05, 0) is 41.3 Å². The molecule has 1 aromatic heterocycles. The Morgan fingerprint density at radius 2 is 1.78 bits per heavy atom. The van der Waals surface area contributed by atoms with Gasteiger partial charge in [-0.2, -0.15) is 0 Å². The molecule has 3 rings (SSSR count). The standard InChI is InChI=1S/C21H21NO5/c1-12(2)20-16(10-18(24)25)19-15(21(26)27)7-4-8-17(19)22(20)11-13-5-3-6-14(23)9-13/h3-9,12,23H,10-11H2,1-2H3,(H,24,25)(H,26,27). The van der Waals surface area contributed by atoms with Gasteiger partial charge in [-0.25, -0.2) is 4.79 Å². The molecule has 0 fully saturated rings. The number of aromatic carboxylic acids is 1. The van der Waals surface area contributed by atoms with Crippen LogP contribution in [-0.2, 0) is 17.8 Å². The molecule has 0 atom stereocenters. The fourth-order valence-electron chi connectivity index (χ4n) is 3.68. The van der Waals surface area contributed by atoms with Crippen LogP contribution < -0.4 is 0 Å². The number of carbonyl (C=O) groups is 2. The van der Waals surface area contributed by atoms with Gasteiger partial charge in [0.2, 0.25) is 0 Å². The third-order valence-electron chi connectivity index (χ3n) is 4.59. The number of hydrogen-bond donors (Lipinski definition) is 3.